The van der Waals surface area contributed by atoms with Crippen LogP contribution in [0.4, 0.5) is 0 Å². The van der Waals surface area contributed by atoms with Crippen molar-refractivity contribution in [3.8, 4) is 0 Å². The number of rotatable bonds is 1. The lowest BCUT2D eigenvalue weighted by atomic mass is 9.94. The molecule has 0 atom stereocenters. The average Bonchev–Trinajstić information content (AvgIpc) is 2.49. The SMILES string of the molecule is CC(C)c1cccc2c1CC=C2. The third-order valence-corrected chi connectivity index (χ3v) is 2.49. The summed E-state index contributed by atoms with van der Waals surface area (Å²) in [5.74, 6) is 0.653. The predicted molar refractivity (Wildman–Crippen MR) is 53.3 cm³/mol. The summed E-state index contributed by atoms with van der Waals surface area (Å²) < 4.78 is 0. The molecule has 2 rings (SSSR count). The summed E-state index contributed by atoms with van der Waals surface area (Å²) >= 11 is 0. The van der Waals surface area contributed by atoms with Crippen LogP contribution in [0, 0.1) is 0 Å². The molecule has 12 heavy (non-hydrogen) atoms. The molecule has 1 aliphatic rings. The van der Waals surface area contributed by atoms with E-state index < -0.39 is 0 Å². The van der Waals surface area contributed by atoms with Crippen LogP contribution in [0.25, 0.3) is 6.08 Å². The molecule has 62 valence electrons. The van der Waals surface area contributed by atoms with Crippen LogP contribution in [0.1, 0.15) is 36.5 Å². The molecule has 0 aliphatic heterocycles. The van der Waals surface area contributed by atoms with Crippen molar-refractivity contribution in [2.45, 2.75) is 26.2 Å². The molecule has 0 radical (unpaired) electrons. The first-order valence-electron chi connectivity index (χ1n) is 4.57. The summed E-state index contributed by atoms with van der Waals surface area (Å²) in [7, 11) is 0. The number of allylic oxidation sites excluding steroid dienone is 1. The smallest absolute Gasteiger partial charge is 0.00853 e. The van der Waals surface area contributed by atoms with E-state index in [-0.39, 0.29) is 0 Å². The Kier molecular flexibility index (Phi) is 1.76. The third-order valence-electron chi connectivity index (χ3n) is 2.49. The Hall–Kier alpha value is -1.04. The highest BCUT2D eigenvalue weighted by molar-refractivity contribution is 5.62. The fourth-order valence-electron chi connectivity index (χ4n) is 1.86. The maximum Gasteiger partial charge on any atom is -0.00853 e. The van der Waals surface area contributed by atoms with E-state index in [1.54, 1.807) is 0 Å². The molecule has 0 nitrogen and oxygen atoms in total. The summed E-state index contributed by atoms with van der Waals surface area (Å²) in [6.07, 6.45) is 5.60. The van der Waals surface area contributed by atoms with Gasteiger partial charge < -0.3 is 0 Å². The van der Waals surface area contributed by atoms with Crippen LogP contribution in [0.15, 0.2) is 24.3 Å². The van der Waals surface area contributed by atoms with Gasteiger partial charge in [-0.25, -0.2) is 0 Å². The highest BCUT2D eigenvalue weighted by atomic mass is 14.2. The molecule has 0 fully saturated rings. The van der Waals surface area contributed by atoms with Crippen LogP contribution < -0.4 is 0 Å². The molecule has 1 aromatic carbocycles. The van der Waals surface area contributed by atoms with Gasteiger partial charge in [-0.15, -0.1) is 0 Å². The Morgan fingerprint density at radius 2 is 2.08 bits per heavy atom. The van der Waals surface area contributed by atoms with Gasteiger partial charge >= 0.3 is 0 Å². The van der Waals surface area contributed by atoms with Crippen LogP contribution in [0.5, 0.6) is 0 Å². The van der Waals surface area contributed by atoms with Crippen molar-refractivity contribution >= 4 is 6.08 Å². The van der Waals surface area contributed by atoms with E-state index in [4.69, 9.17) is 0 Å². The molecule has 0 heteroatoms. The standard InChI is InChI=1S/C12H14/c1-9(2)11-7-3-5-10-6-4-8-12(10)11/h3-7,9H,8H2,1-2H3. The van der Waals surface area contributed by atoms with Gasteiger partial charge in [0.05, 0.1) is 0 Å². The van der Waals surface area contributed by atoms with Crippen LogP contribution in [-0.2, 0) is 6.42 Å². The zero-order chi connectivity index (χ0) is 8.55. The lowest BCUT2D eigenvalue weighted by Gasteiger charge is -2.10. The largest absolute Gasteiger partial charge is 0.0795 e. The van der Waals surface area contributed by atoms with Crippen molar-refractivity contribution in [3.63, 3.8) is 0 Å². The zero-order valence-corrected chi connectivity index (χ0v) is 7.67. The molecule has 0 amide bonds. The number of fused-ring (bicyclic) bond motifs is 1. The van der Waals surface area contributed by atoms with E-state index in [0.29, 0.717) is 5.92 Å². The molecule has 0 bridgehead atoms. The monoisotopic (exact) mass is 158 g/mol. The molecule has 0 heterocycles. The predicted octanol–water partition coefficient (Wildman–Crippen LogP) is 3.38. The minimum absolute atomic E-state index is 0.653. The van der Waals surface area contributed by atoms with Gasteiger partial charge in [0.25, 0.3) is 0 Å². The summed E-state index contributed by atoms with van der Waals surface area (Å²) in [4.78, 5) is 0. The molecule has 0 aromatic heterocycles. The summed E-state index contributed by atoms with van der Waals surface area (Å²) in [6.45, 7) is 4.52. The number of benzene rings is 1. The van der Waals surface area contributed by atoms with Crippen LogP contribution in [-0.4, -0.2) is 0 Å². The maximum absolute atomic E-state index is 2.26. The highest BCUT2D eigenvalue weighted by Gasteiger charge is 2.11. The van der Waals surface area contributed by atoms with Gasteiger partial charge in [-0.2, -0.15) is 0 Å². The molecule has 0 N–H and O–H groups in total. The minimum Gasteiger partial charge on any atom is -0.0795 e. The normalized spacial score (nSPS) is 13.9. The molecule has 0 spiro atoms. The van der Waals surface area contributed by atoms with Crippen molar-refractivity contribution in [2.24, 2.45) is 0 Å². The molecular weight excluding hydrogens is 144 g/mol. The molecule has 0 saturated carbocycles. The highest BCUT2D eigenvalue weighted by Crippen LogP contribution is 2.27. The first-order valence-corrected chi connectivity index (χ1v) is 4.57. The number of hydrogen-bond donors (Lipinski definition) is 0. The van der Waals surface area contributed by atoms with Gasteiger partial charge in [0, 0.05) is 0 Å². The van der Waals surface area contributed by atoms with Gasteiger partial charge in [0.2, 0.25) is 0 Å². The Morgan fingerprint density at radius 3 is 2.83 bits per heavy atom. The maximum atomic E-state index is 2.26. The minimum atomic E-state index is 0.653. The van der Waals surface area contributed by atoms with Gasteiger partial charge in [-0.1, -0.05) is 44.2 Å². The van der Waals surface area contributed by atoms with E-state index in [1.165, 1.54) is 16.7 Å². The van der Waals surface area contributed by atoms with E-state index in [1.807, 2.05) is 0 Å². The molecule has 1 aromatic rings. The van der Waals surface area contributed by atoms with E-state index >= 15 is 0 Å². The number of hydrogen-bond acceptors (Lipinski definition) is 0. The van der Waals surface area contributed by atoms with Crippen molar-refractivity contribution < 1.29 is 0 Å². The topological polar surface area (TPSA) is 0 Å². The second-order valence-electron chi connectivity index (χ2n) is 3.68. The molecule has 0 saturated heterocycles. The van der Waals surface area contributed by atoms with Crippen LogP contribution in [0.3, 0.4) is 0 Å². The second kappa shape index (κ2) is 2.78. The van der Waals surface area contributed by atoms with Crippen molar-refractivity contribution in [3.05, 3.63) is 41.0 Å². The van der Waals surface area contributed by atoms with E-state index in [2.05, 4.69) is 44.2 Å². The first-order chi connectivity index (χ1) is 5.79. The van der Waals surface area contributed by atoms with Crippen molar-refractivity contribution in [1.29, 1.82) is 0 Å². The van der Waals surface area contributed by atoms with Crippen molar-refractivity contribution in [1.82, 2.24) is 0 Å². The van der Waals surface area contributed by atoms with E-state index in [9.17, 15) is 0 Å². The third kappa shape index (κ3) is 1.08. The lowest BCUT2D eigenvalue weighted by molar-refractivity contribution is 0.851. The van der Waals surface area contributed by atoms with Gasteiger partial charge in [-0.3, -0.25) is 0 Å². The summed E-state index contributed by atoms with van der Waals surface area (Å²) in [5, 5.41) is 0. The van der Waals surface area contributed by atoms with Crippen LogP contribution in [0.2, 0.25) is 0 Å². The average molecular weight is 158 g/mol. The van der Waals surface area contributed by atoms with Crippen molar-refractivity contribution in [2.75, 3.05) is 0 Å². The molecular formula is C12H14. The van der Waals surface area contributed by atoms with Gasteiger partial charge in [-0.05, 0) is 29.0 Å². The Labute approximate surface area is 73.9 Å². The Balaban J connectivity index is 2.53. The summed E-state index contributed by atoms with van der Waals surface area (Å²) in [6, 6.07) is 6.60. The van der Waals surface area contributed by atoms with Gasteiger partial charge in [0.15, 0.2) is 0 Å². The molecule has 1 aliphatic carbocycles. The van der Waals surface area contributed by atoms with Gasteiger partial charge in [0.1, 0.15) is 0 Å². The van der Waals surface area contributed by atoms with E-state index in [0.717, 1.165) is 6.42 Å². The summed E-state index contributed by atoms with van der Waals surface area (Å²) in [5.41, 5.74) is 4.46. The second-order valence-corrected chi connectivity index (χ2v) is 3.68. The lowest BCUT2D eigenvalue weighted by Crippen LogP contribution is -1.94. The Morgan fingerprint density at radius 1 is 1.25 bits per heavy atom. The Bertz CT molecular complexity index is 319. The fourth-order valence-corrected chi connectivity index (χ4v) is 1.86. The quantitative estimate of drug-likeness (QED) is 0.587. The fraction of sp³-hybridized carbons (Fsp3) is 0.333. The zero-order valence-electron chi connectivity index (χ0n) is 7.67. The first kappa shape index (κ1) is 7.60. The molecule has 0 unspecified atom stereocenters. The van der Waals surface area contributed by atoms with Crippen LogP contribution >= 0.6 is 0 Å².